The Morgan fingerprint density at radius 1 is 1.45 bits per heavy atom. The molecule has 0 aliphatic carbocycles. The molecule has 118 valence electrons. The van der Waals surface area contributed by atoms with Gasteiger partial charge >= 0.3 is 6.16 Å². The minimum atomic E-state index is -1.08. The molecule has 0 aliphatic rings. The molecule has 0 bridgehead atoms. The van der Waals surface area contributed by atoms with E-state index in [1.54, 1.807) is 27.7 Å². The molecule has 0 saturated carbocycles. The Labute approximate surface area is 118 Å². The van der Waals surface area contributed by atoms with Crippen molar-refractivity contribution in [2.24, 2.45) is 5.28 Å². The lowest BCUT2D eigenvalue weighted by Gasteiger charge is -2.20. The maximum Gasteiger partial charge on any atom is 0.511 e. The Morgan fingerprint density at radius 2 is 2.00 bits per heavy atom. The number of ether oxygens (including phenoxy) is 2. The second-order valence-corrected chi connectivity index (χ2v) is 5.19. The molecule has 0 aromatic rings. The number of aliphatic hydroxyl groups excluding tert-OH is 1. The number of nitrogens with zero attached hydrogens (tertiary/aromatic N) is 3. The Hall–Kier alpha value is -1.77. The SMILES string of the molecule is CC(ON=[N+]([O-])N(C)[C@@H](C)CO)OC(=O)OC(C)(C)C. The van der Waals surface area contributed by atoms with E-state index in [0.717, 1.165) is 5.01 Å². The average Bonchev–Trinajstić information content (AvgIpc) is 2.31. The molecule has 0 aromatic heterocycles. The van der Waals surface area contributed by atoms with Crippen LogP contribution < -0.4 is 0 Å². The van der Waals surface area contributed by atoms with Crippen LogP contribution >= 0.6 is 0 Å². The summed E-state index contributed by atoms with van der Waals surface area (Å²) >= 11 is 0. The van der Waals surface area contributed by atoms with Crippen LogP contribution in [0.3, 0.4) is 0 Å². The molecule has 0 amide bonds. The Morgan fingerprint density at radius 3 is 2.45 bits per heavy atom. The summed E-state index contributed by atoms with van der Waals surface area (Å²) in [5.74, 6) is 0. The topological polar surface area (TPSA) is 107 Å². The van der Waals surface area contributed by atoms with Gasteiger partial charge in [0.2, 0.25) is 5.28 Å². The molecule has 0 fully saturated rings. The third kappa shape index (κ3) is 7.62. The van der Waals surface area contributed by atoms with Gasteiger partial charge in [0.25, 0.3) is 6.29 Å². The van der Waals surface area contributed by atoms with Gasteiger partial charge in [-0.3, -0.25) is 4.84 Å². The van der Waals surface area contributed by atoms with E-state index in [1.165, 1.54) is 14.0 Å². The van der Waals surface area contributed by atoms with Crippen molar-refractivity contribution in [1.82, 2.24) is 5.01 Å². The fourth-order valence-corrected chi connectivity index (χ4v) is 0.882. The summed E-state index contributed by atoms with van der Waals surface area (Å²) in [7, 11) is 1.43. The van der Waals surface area contributed by atoms with Crippen LogP contribution in [0.5, 0.6) is 0 Å². The number of hydrogen-bond acceptors (Lipinski definition) is 7. The van der Waals surface area contributed by atoms with Gasteiger partial charge in [-0.05, 0) is 27.7 Å². The molecule has 0 saturated heterocycles. The summed E-state index contributed by atoms with van der Waals surface area (Å²) in [6.07, 6.45) is -2.01. The summed E-state index contributed by atoms with van der Waals surface area (Å²) in [6, 6.07) is -0.429. The van der Waals surface area contributed by atoms with Gasteiger partial charge in [0.05, 0.1) is 18.6 Å². The van der Waals surface area contributed by atoms with Crippen molar-refractivity contribution in [3.05, 3.63) is 5.21 Å². The van der Waals surface area contributed by atoms with Gasteiger partial charge in [-0.2, -0.15) is 0 Å². The summed E-state index contributed by atoms with van der Waals surface area (Å²) in [5, 5.41) is 24.6. The van der Waals surface area contributed by atoms with Crippen molar-refractivity contribution >= 4 is 6.16 Å². The molecule has 9 nitrogen and oxygen atoms in total. The largest absolute Gasteiger partial charge is 0.569 e. The van der Waals surface area contributed by atoms with Gasteiger partial charge in [0.1, 0.15) is 11.6 Å². The Bertz CT molecular complexity index is 342. The maximum absolute atomic E-state index is 11.4. The molecule has 9 heteroatoms. The summed E-state index contributed by atoms with van der Waals surface area (Å²) in [6.45, 7) is 7.87. The minimum absolute atomic E-state index is 0.149. The highest BCUT2D eigenvalue weighted by atomic mass is 16.8. The number of hydrogen-bond donors (Lipinski definition) is 1. The van der Waals surface area contributed by atoms with E-state index in [4.69, 9.17) is 19.4 Å². The fourth-order valence-electron chi connectivity index (χ4n) is 0.882. The number of carbonyl (C=O) groups is 1. The van der Waals surface area contributed by atoms with Crippen molar-refractivity contribution in [3.8, 4) is 0 Å². The van der Waals surface area contributed by atoms with Gasteiger partial charge in [-0.25, -0.2) is 4.79 Å². The van der Waals surface area contributed by atoms with E-state index in [2.05, 4.69) is 5.28 Å². The molecule has 1 unspecified atom stereocenters. The van der Waals surface area contributed by atoms with Gasteiger partial charge in [0, 0.05) is 6.92 Å². The van der Waals surface area contributed by atoms with Crippen LogP contribution in [-0.4, -0.2) is 52.8 Å². The third-order valence-electron chi connectivity index (χ3n) is 2.09. The average molecular weight is 293 g/mol. The second-order valence-electron chi connectivity index (χ2n) is 5.19. The van der Waals surface area contributed by atoms with Gasteiger partial charge in [0.15, 0.2) is 0 Å². The number of likely N-dealkylation sites (N-methyl/N-ethyl adjacent to an activating group) is 1. The highest BCUT2D eigenvalue weighted by Crippen LogP contribution is 2.09. The highest BCUT2D eigenvalue weighted by Gasteiger charge is 2.21. The highest BCUT2D eigenvalue weighted by molar-refractivity contribution is 5.60. The lowest BCUT2D eigenvalue weighted by molar-refractivity contribution is -0.714. The van der Waals surface area contributed by atoms with E-state index < -0.39 is 24.1 Å². The quantitative estimate of drug-likeness (QED) is 0.259. The zero-order valence-corrected chi connectivity index (χ0v) is 12.7. The summed E-state index contributed by atoms with van der Waals surface area (Å²) < 4.78 is 9.63. The first kappa shape index (κ1) is 18.2. The van der Waals surface area contributed by atoms with Gasteiger partial charge in [-0.15, -0.1) is 5.01 Å². The number of carbonyl (C=O) groups excluding carboxylic acids is 1. The predicted molar refractivity (Wildman–Crippen MR) is 68.2 cm³/mol. The van der Waals surface area contributed by atoms with Crippen molar-refractivity contribution in [2.75, 3.05) is 13.7 Å². The normalized spacial score (nSPS) is 15.2. The summed E-state index contributed by atoms with van der Waals surface area (Å²) in [4.78, 5) is 16.1. The molecule has 0 spiro atoms. The maximum atomic E-state index is 11.4. The molecule has 0 rings (SSSR count). The van der Waals surface area contributed by atoms with E-state index in [9.17, 15) is 10.0 Å². The van der Waals surface area contributed by atoms with Crippen LogP contribution in [0.1, 0.15) is 34.6 Å². The molecule has 0 aliphatic heterocycles. The first-order chi connectivity index (χ1) is 9.06. The van der Waals surface area contributed by atoms with Gasteiger partial charge in [-0.1, -0.05) is 0 Å². The smallest absolute Gasteiger partial charge is 0.511 e. The molecule has 0 radical (unpaired) electrons. The lowest BCUT2D eigenvalue weighted by atomic mass is 10.2. The molecule has 0 heterocycles. The Balaban J connectivity index is 4.27. The molecular formula is C11H23N3O6. The van der Waals surface area contributed by atoms with Crippen LogP contribution in [0.15, 0.2) is 5.28 Å². The zero-order valence-electron chi connectivity index (χ0n) is 12.7. The number of rotatable bonds is 6. The lowest BCUT2D eigenvalue weighted by Crippen LogP contribution is -2.37. The van der Waals surface area contributed by atoms with Crippen LogP contribution in [0.2, 0.25) is 0 Å². The predicted octanol–water partition coefficient (Wildman–Crippen LogP) is 1.41. The second kappa shape index (κ2) is 7.73. The number of aliphatic hydroxyl groups is 1. The summed E-state index contributed by atoms with van der Waals surface area (Å²) in [5.41, 5.74) is -0.685. The monoisotopic (exact) mass is 293 g/mol. The molecule has 20 heavy (non-hydrogen) atoms. The van der Waals surface area contributed by atoms with Gasteiger partial charge < -0.3 is 19.8 Å². The van der Waals surface area contributed by atoms with Crippen molar-refractivity contribution in [3.63, 3.8) is 0 Å². The third-order valence-corrected chi connectivity index (χ3v) is 2.09. The van der Waals surface area contributed by atoms with E-state index in [-0.39, 0.29) is 11.6 Å². The van der Waals surface area contributed by atoms with Crippen molar-refractivity contribution < 1.29 is 29.2 Å². The van der Waals surface area contributed by atoms with Crippen LogP contribution in [0.25, 0.3) is 0 Å². The Kier molecular flexibility index (Phi) is 7.05. The van der Waals surface area contributed by atoms with E-state index in [0.29, 0.717) is 0 Å². The van der Waals surface area contributed by atoms with E-state index >= 15 is 0 Å². The van der Waals surface area contributed by atoms with E-state index in [1.807, 2.05) is 0 Å². The first-order valence-corrected chi connectivity index (χ1v) is 6.14. The number of hydrazine groups is 1. The first-order valence-electron chi connectivity index (χ1n) is 6.14. The molecule has 0 aromatic carbocycles. The molecule has 2 atom stereocenters. The molecular weight excluding hydrogens is 270 g/mol. The standard InChI is InChI=1S/C11H23N3O6/c1-8(7-15)13(6)14(17)12-20-9(2)18-10(16)19-11(3,4)5/h8-9,15H,7H2,1-6H3/t8-,9?/m0/s1. The van der Waals surface area contributed by atoms with Crippen molar-refractivity contribution in [2.45, 2.75) is 52.6 Å². The van der Waals surface area contributed by atoms with Crippen molar-refractivity contribution in [1.29, 1.82) is 0 Å². The van der Waals surface area contributed by atoms with Crippen LogP contribution in [0.4, 0.5) is 4.79 Å². The minimum Gasteiger partial charge on any atom is -0.569 e. The van der Waals surface area contributed by atoms with Crippen LogP contribution in [0, 0.1) is 5.21 Å². The van der Waals surface area contributed by atoms with Crippen LogP contribution in [-0.2, 0) is 14.3 Å². The fraction of sp³-hybridized carbons (Fsp3) is 0.909. The molecule has 1 N–H and O–H groups in total. The zero-order chi connectivity index (χ0) is 15.9.